The van der Waals surface area contributed by atoms with Crippen molar-refractivity contribution in [2.24, 2.45) is 0 Å². The summed E-state index contributed by atoms with van der Waals surface area (Å²) in [5.41, 5.74) is 0. The Kier molecular flexibility index (Phi) is 5.05. The van der Waals surface area contributed by atoms with Gasteiger partial charge in [0.15, 0.2) is 0 Å². The van der Waals surface area contributed by atoms with Gasteiger partial charge >= 0.3 is 5.97 Å². The van der Waals surface area contributed by atoms with Crippen LogP contribution in [0, 0.1) is 0 Å². The van der Waals surface area contributed by atoms with Crippen LogP contribution in [0.15, 0.2) is 0 Å². The highest BCUT2D eigenvalue weighted by molar-refractivity contribution is 5.75. The lowest BCUT2D eigenvalue weighted by molar-refractivity contribution is -0.147. The first-order valence-electron chi connectivity index (χ1n) is 5.73. The maximum Gasteiger partial charge on any atom is 0.322 e. The number of methoxy groups -OCH3 is 1. The maximum atomic E-state index is 11.3. The van der Waals surface area contributed by atoms with Gasteiger partial charge in [-0.25, -0.2) is 0 Å². The lowest BCUT2D eigenvalue weighted by Crippen LogP contribution is -2.51. The van der Waals surface area contributed by atoms with Crippen molar-refractivity contribution in [3.63, 3.8) is 0 Å². The molecule has 0 amide bonds. The Balaban J connectivity index is 2.33. The number of esters is 1. The van der Waals surface area contributed by atoms with Crippen molar-refractivity contribution >= 4 is 5.97 Å². The number of piperazine rings is 1. The minimum absolute atomic E-state index is 0.0984. The minimum atomic E-state index is -0.126. The first kappa shape index (κ1) is 12.5. The first-order valence-corrected chi connectivity index (χ1v) is 5.73. The predicted molar refractivity (Wildman–Crippen MR) is 59.8 cm³/mol. The molecule has 1 atom stereocenters. The normalized spacial score (nSPS) is 21.3. The van der Waals surface area contributed by atoms with Gasteiger partial charge in [0.05, 0.1) is 7.11 Å². The lowest BCUT2D eigenvalue weighted by Gasteiger charge is -2.36. The molecule has 4 heteroatoms. The van der Waals surface area contributed by atoms with Gasteiger partial charge in [-0.2, -0.15) is 0 Å². The highest BCUT2D eigenvalue weighted by Crippen LogP contribution is 2.07. The van der Waals surface area contributed by atoms with Crippen molar-refractivity contribution in [2.45, 2.75) is 26.3 Å². The highest BCUT2D eigenvalue weighted by atomic mass is 16.5. The zero-order valence-electron chi connectivity index (χ0n) is 10.0. The largest absolute Gasteiger partial charge is 0.468 e. The summed E-state index contributed by atoms with van der Waals surface area (Å²) in [5.74, 6) is -0.126. The molecule has 4 nitrogen and oxygen atoms in total. The van der Waals surface area contributed by atoms with E-state index in [1.165, 1.54) is 20.1 Å². The van der Waals surface area contributed by atoms with E-state index >= 15 is 0 Å². The molecular formula is C11H22N2O2. The second-order valence-corrected chi connectivity index (χ2v) is 4.08. The topological polar surface area (TPSA) is 32.8 Å². The fourth-order valence-electron chi connectivity index (χ4n) is 2.01. The van der Waals surface area contributed by atoms with Crippen molar-refractivity contribution in [3.8, 4) is 0 Å². The number of carbonyl (C=O) groups is 1. The molecule has 0 radical (unpaired) electrons. The van der Waals surface area contributed by atoms with Crippen molar-refractivity contribution < 1.29 is 9.53 Å². The molecule has 1 heterocycles. The van der Waals surface area contributed by atoms with Gasteiger partial charge in [0, 0.05) is 26.2 Å². The van der Waals surface area contributed by atoms with E-state index in [0.29, 0.717) is 0 Å². The molecule has 0 N–H and O–H groups in total. The molecule has 1 rings (SSSR count). The highest BCUT2D eigenvalue weighted by Gasteiger charge is 2.25. The second kappa shape index (κ2) is 6.08. The molecule has 1 aliphatic heterocycles. The Morgan fingerprint density at radius 3 is 2.40 bits per heavy atom. The van der Waals surface area contributed by atoms with E-state index in [1.807, 2.05) is 6.92 Å². The molecule has 1 aliphatic rings. The fourth-order valence-corrected chi connectivity index (χ4v) is 2.01. The monoisotopic (exact) mass is 214 g/mol. The molecule has 1 fully saturated rings. The van der Waals surface area contributed by atoms with E-state index < -0.39 is 0 Å². The second-order valence-electron chi connectivity index (χ2n) is 4.08. The van der Waals surface area contributed by atoms with Crippen molar-refractivity contribution in [3.05, 3.63) is 0 Å². The van der Waals surface area contributed by atoms with Gasteiger partial charge in [-0.15, -0.1) is 0 Å². The number of ether oxygens (including phenoxy) is 1. The first-order chi connectivity index (χ1) is 7.19. The minimum Gasteiger partial charge on any atom is -0.468 e. The third-order valence-electron chi connectivity index (χ3n) is 3.04. The molecule has 1 saturated heterocycles. The van der Waals surface area contributed by atoms with Gasteiger partial charge in [0.1, 0.15) is 6.04 Å². The van der Waals surface area contributed by atoms with Crippen LogP contribution in [0.1, 0.15) is 20.3 Å². The molecule has 0 spiro atoms. The van der Waals surface area contributed by atoms with Gasteiger partial charge in [-0.05, 0) is 19.9 Å². The van der Waals surface area contributed by atoms with E-state index in [2.05, 4.69) is 16.7 Å². The van der Waals surface area contributed by atoms with E-state index in [4.69, 9.17) is 4.74 Å². The number of hydrogen-bond acceptors (Lipinski definition) is 4. The Labute approximate surface area is 92.2 Å². The molecule has 1 unspecified atom stereocenters. The summed E-state index contributed by atoms with van der Waals surface area (Å²) >= 11 is 0. The number of carbonyl (C=O) groups excluding carboxylic acids is 1. The summed E-state index contributed by atoms with van der Waals surface area (Å²) in [6, 6.07) is -0.0984. The van der Waals surface area contributed by atoms with E-state index in [9.17, 15) is 4.79 Å². The Morgan fingerprint density at radius 2 is 1.93 bits per heavy atom. The third kappa shape index (κ3) is 3.47. The average molecular weight is 214 g/mol. The van der Waals surface area contributed by atoms with Crippen LogP contribution in [0.5, 0.6) is 0 Å². The number of hydrogen-bond donors (Lipinski definition) is 0. The van der Waals surface area contributed by atoms with Gasteiger partial charge in [0.2, 0.25) is 0 Å². The average Bonchev–Trinajstić information content (AvgIpc) is 2.28. The Morgan fingerprint density at radius 1 is 1.33 bits per heavy atom. The van der Waals surface area contributed by atoms with Crippen molar-refractivity contribution in [1.82, 2.24) is 9.80 Å². The smallest absolute Gasteiger partial charge is 0.322 e. The Bertz CT molecular complexity index is 201. The van der Waals surface area contributed by atoms with Gasteiger partial charge in [-0.3, -0.25) is 9.69 Å². The molecule has 0 aromatic carbocycles. The molecule has 0 saturated carbocycles. The summed E-state index contributed by atoms with van der Waals surface area (Å²) < 4.78 is 4.75. The van der Waals surface area contributed by atoms with Crippen LogP contribution in [0.25, 0.3) is 0 Å². The van der Waals surface area contributed by atoms with Crippen LogP contribution in [-0.4, -0.2) is 61.6 Å². The SMILES string of the molecule is CCCN1CCN(C(C)C(=O)OC)CC1. The standard InChI is InChI=1S/C11H22N2O2/c1-4-5-12-6-8-13(9-7-12)10(2)11(14)15-3/h10H,4-9H2,1-3H3. The summed E-state index contributed by atoms with van der Waals surface area (Å²) in [4.78, 5) is 16.0. The van der Waals surface area contributed by atoms with Crippen LogP contribution in [0.3, 0.4) is 0 Å². The maximum absolute atomic E-state index is 11.3. The summed E-state index contributed by atoms with van der Waals surface area (Å²) in [5, 5.41) is 0. The van der Waals surface area contributed by atoms with Crippen molar-refractivity contribution in [2.75, 3.05) is 39.8 Å². The van der Waals surface area contributed by atoms with Gasteiger partial charge in [0.25, 0.3) is 0 Å². The molecule has 0 aromatic rings. The summed E-state index contributed by atoms with van der Waals surface area (Å²) in [7, 11) is 1.45. The molecular weight excluding hydrogens is 192 g/mol. The predicted octanol–water partition coefficient (Wildman–Crippen LogP) is 0.576. The van der Waals surface area contributed by atoms with Crippen LogP contribution >= 0.6 is 0 Å². The number of rotatable bonds is 4. The van der Waals surface area contributed by atoms with E-state index in [-0.39, 0.29) is 12.0 Å². The van der Waals surface area contributed by atoms with Crippen LogP contribution in [0.2, 0.25) is 0 Å². The zero-order valence-corrected chi connectivity index (χ0v) is 10.0. The van der Waals surface area contributed by atoms with Crippen LogP contribution in [-0.2, 0) is 9.53 Å². The summed E-state index contributed by atoms with van der Waals surface area (Å²) in [6.07, 6.45) is 1.20. The molecule has 0 aromatic heterocycles. The molecule has 0 bridgehead atoms. The van der Waals surface area contributed by atoms with Gasteiger partial charge < -0.3 is 9.64 Å². The van der Waals surface area contributed by atoms with Gasteiger partial charge in [-0.1, -0.05) is 6.92 Å². The number of nitrogens with zero attached hydrogens (tertiary/aromatic N) is 2. The van der Waals surface area contributed by atoms with Crippen LogP contribution < -0.4 is 0 Å². The molecule has 88 valence electrons. The van der Waals surface area contributed by atoms with Crippen molar-refractivity contribution in [1.29, 1.82) is 0 Å². The molecule has 0 aliphatic carbocycles. The third-order valence-corrected chi connectivity index (χ3v) is 3.04. The van der Waals surface area contributed by atoms with E-state index in [0.717, 1.165) is 26.2 Å². The molecule has 15 heavy (non-hydrogen) atoms. The quantitative estimate of drug-likeness (QED) is 0.641. The fraction of sp³-hybridized carbons (Fsp3) is 0.909. The van der Waals surface area contributed by atoms with Crippen LogP contribution in [0.4, 0.5) is 0 Å². The summed E-state index contributed by atoms with van der Waals surface area (Å²) in [6.45, 7) is 9.35. The van der Waals surface area contributed by atoms with E-state index in [1.54, 1.807) is 0 Å². The lowest BCUT2D eigenvalue weighted by atomic mass is 10.2. The zero-order chi connectivity index (χ0) is 11.3. The Hall–Kier alpha value is -0.610.